The first kappa shape index (κ1) is 17.8. The molecule has 0 unspecified atom stereocenters. The van der Waals surface area contributed by atoms with Crippen LogP contribution in [0, 0.1) is 0 Å². The fourth-order valence-electron chi connectivity index (χ4n) is 3.88. The number of hydrogen-bond donors (Lipinski definition) is 1. The summed E-state index contributed by atoms with van der Waals surface area (Å²) in [6.07, 6.45) is 3.85. The molecule has 2 heterocycles. The van der Waals surface area contributed by atoms with E-state index < -0.39 is 6.04 Å². The van der Waals surface area contributed by atoms with E-state index in [1.54, 1.807) is 24.3 Å². The lowest BCUT2D eigenvalue weighted by Gasteiger charge is -2.38. The third kappa shape index (κ3) is 3.50. The Morgan fingerprint density at radius 2 is 1.92 bits per heavy atom. The van der Waals surface area contributed by atoms with Crippen LogP contribution in [0.1, 0.15) is 49.4 Å². The molecule has 0 aliphatic carbocycles. The number of nitrogens with zero attached hydrogens (tertiary/aromatic N) is 2. The van der Waals surface area contributed by atoms with Crippen LogP contribution >= 0.6 is 0 Å². The predicted octanol–water partition coefficient (Wildman–Crippen LogP) is 1.76. The van der Waals surface area contributed by atoms with E-state index in [9.17, 15) is 19.5 Å². The summed E-state index contributed by atoms with van der Waals surface area (Å²) in [6, 6.07) is 6.28. The highest BCUT2D eigenvalue weighted by molar-refractivity contribution is 6.22. The summed E-state index contributed by atoms with van der Waals surface area (Å²) < 4.78 is 0. The average molecular weight is 344 g/mol. The number of Topliss-reactive ketones (excluding diaryl/α,β-unsaturated/α-hetero) is 1. The zero-order valence-electron chi connectivity index (χ0n) is 14.5. The van der Waals surface area contributed by atoms with Gasteiger partial charge in [-0.1, -0.05) is 6.42 Å². The number of likely N-dealkylation sites (tertiary alicyclic amines) is 1. The van der Waals surface area contributed by atoms with Crippen LogP contribution in [0.4, 0.5) is 5.69 Å². The molecule has 6 nitrogen and oxygen atoms in total. The van der Waals surface area contributed by atoms with Crippen LogP contribution in [-0.4, -0.2) is 52.8 Å². The number of benzene rings is 1. The van der Waals surface area contributed by atoms with Crippen LogP contribution < -0.4 is 4.90 Å². The Morgan fingerprint density at radius 1 is 1.20 bits per heavy atom. The summed E-state index contributed by atoms with van der Waals surface area (Å²) in [5.74, 6) is -0.465. The number of anilines is 1. The number of hydrogen-bond acceptors (Lipinski definition) is 5. The molecule has 25 heavy (non-hydrogen) atoms. The van der Waals surface area contributed by atoms with Crippen LogP contribution in [0.25, 0.3) is 0 Å². The summed E-state index contributed by atoms with van der Waals surface area (Å²) in [5, 5.41) is 9.28. The van der Waals surface area contributed by atoms with Gasteiger partial charge in [0.05, 0.1) is 18.2 Å². The maximum Gasteiger partial charge on any atom is 0.251 e. The minimum absolute atomic E-state index is 0.0522. The normalized spacial score (nSPS) is 24.8. The largest absolute Gasteiger partial charge is 0.396 e. The molecule has 0 spiro atoms. The quantitative estimate of drug-likeness (QED) is 0.650. The van der Waals surface area contributed by atoms with Crippen molar-refractivity contribution in [2.45, 2.75) is 51.1 Å². The lowest BCUT2D eigenvalue weighted by atomic mass is 9.97. The van der Waals surface area contributed by atoms with Gasteiger partial charge in [0.25, 0.3) is 5.91 Å². The Bertz CT molecular complexity index is 669. The van der Waals surface area contributed by atoms with Gasteiger partial charge < -0.3 is 5.11 Å². The van der Waals surface area contributed by atoms with Crippen molar-refractivity contribution >= 4 is 23.3 Å². The van der Waals surface area contributed by atoms with E-state index >= 15 is 0 Å². The first-order valence-corrected chi connectivity index (χ1v) is 8.87. The highest BCUT2D eigenvalue weighted by Gasteiger charge is 2.44. The zero-order chi connectivity index (χ0) is 18.0. The van der Waals surface area contributed by atoms with E-state index in [0.717, 1.165) is 25.8 Å². The molecule has 1 aromatic carbocycles. The highest BCUT2D eigenvalue weighted by Crippen LogP contribution is 2.30. The van der Waals surface area contributed by atoms with Crippen molar-refractivity contribution in [2.24, 2.45) is 0 Å². The molecular formula is C19H24N2O4. The number of amides is 2. The number of aliphatic hydroxyl groups is 1. The van der Waals surface area contributed by atoms with Gasteiger partial charge in [-0.3, -0.25) is 19.3 Å². The Hall–Kier alpha value is -2.05. The number of piperidine rings is 1. The minimum Gasteiger partial charge on any atom is -0.396 e. The fourth-order valence-corrected chi connectivity index (χ4v) is 3.88. The van der Waals surface area contributed by atoms with Crippen LogP contribution in [-0.2, 0) is 9.59 Å². The van der Waals surface area contributed by atoms with E-state index in [4.69, 9.17) is 0 Å². The second-order valence-electron chi connectivity index (χ2n) is 6.79. The van der Waals surface area contributed by atoms with Crippen molar-refractivity contribution in [3.63, 3.8) is 0 Å². The van der Waals surface area contributed by atoms with E-state index in [-0.39, 0.29) is 36.7 Å². The molecule has 2 aliphatic heterocycles. The van der Waals surface area contributed by atoms with Gasteiger partial charge in [-0.2, -0.15) is 0 Å². The van der Waals surface area contributed by atoms with Crippen molar-refractivity contribution in [3.8, 4) is 0 Å². The number of carbonyl (C=O) groups excluding carboxylic acids is 3. The molecule has 1 aromatic rings. The molecule has 3 rings (SSSR count). The lowest BCUT2D eigenvalue weighted by molar-refractivity contribution is -0.123. The molecular weight excluding hydrogens is 320 g/mol. The third-order valence-corrected chi connectivity index (χ3v) is 5.19. The molecule has 2 amide bonds. The van der Waals surface area contributed by atoms with Crippen molar-refractivity contribution in [2.75, 3.05) is 18.1 Å². The summed E-state index contributed by atoms with van der Waals surface area (Å²) in [6.45, 7) is 2.35. The van der Waals surface area contributed by atoms with Crippen molar-refractivity contribution in [1.82, 2.24) is 4.90 Å². The zero-order valence-corrected chi connectivity index (χ0v) is 14.5. The summed E-state index contributed by atoms with van der Waals surface area (Å²) >= 11 is 0. The van der Waals surface area contributed by atoms with Crippen LogP contribution in [0.5, 0.6) is 0 Å². The molecule has 2 saturated heterocycles. The van der Waals surface area contributed by atoms with Crippen molar-refractivity contribution in [3.05, 3.63) is 29.8 Å². The van der Waals surface area contributed by atoms with Gasteiger partial charge in [-0.25, -0.2) is 4.90 Å². The van der Waals surface area contributed by atoms with Gasteiger partial charge in [-0.15, -0.1) is 0 Å². The van der Waals surface area contributed by atoms with E-state index in [1.165, 1.54) is 11.8 Å². The molecule has 2 atom stereocenters. The number of imide groups is 1. The van der Waals surface area contributed by atoms with Crippen molar-refractivity contribution in [1.29, 1.82) is 0 Å². The minimum atomic E-state index is -0.447. The SMILES string of the molecule is CC(=O)c1ccc(N2C(=O)C[C@@H](N3CCCC[C@@H]3CCO)C2=O)cc1. The summed E-state index contributed by atoms with van der Waals surface area (Å²) in [7, 11) is 0. The Kier molecular flexibility index (Phi) is 5.30. The average Bonchev–Trinajstić information content (AvgIpc) is 2.90. The summed E-state index contributed by atoms with van der Waals surface area (Å²) in [5.41, 5.74) is 1.07. The molecule has 2 aliphatic rings. The van der Waals surface area contributed by atoms with Gasteiger partial charge in [0, 0.05) is 18.2 Å². The highest BCUT2D eigenvalue weighted by atomic mass is 16.3. The maximum absolute atomic E-state index is 12.9. The second kappa shape index (κ2) is 7.45. The monoisotopic (exact) mass is 344 g/mol. The molecule has 134 valence electrons. The summed E-state index contributed by atoms with van der Waals surface area (Å²) in [4.78, 5) is 40.1. The predicted molar refractivity (Wildman–Crippen MR) is 93.4 cm³/mol. The first-order chi connectivity index (χ1) is 12.0. The molecule has 2 fully saturated rings. The first-order valence-electron chi connectivity index (χ1n) is 8.87. The lowest BCUT2D eigenvalue weighted by Crippen LogP contribution is -2.50. The van der Waals surface area contributed by atoms with Crippen LogP contribution in [0.15, 0.2) is 24.3 Å². The molecule has 0 radical (unpaired) electrons. The van der Waals surface area contributed by atoms with Gasteiger partial charge in [-0.05, 0) is 57.0 Å². The van der Waals surface area contributed by atoms with E-state index in [0.29, 0.717) is 17.7 Å². The van der Waals surface area contributed by atoms with E-state index in [2.05, 4.69) is 4.90 Å². The van der Waals surface area contributed by atoms with Gasteiger partial charge in [0.15, 0.2) is 5.78 Å². The molecule has 0 aromatic heterocycles. The van der Waals surface area contributed by atoms with Gasteiger partial charge in [0.2, 0.25) is 5.91 Å². The number of aliphatic hydroxyl groups excluding tert-OH is 1. The third-order valence-electron chi connectivity index (χ3n) is 5.19. The Labute approximate surface area is 147 Å². The Balaban J connectivity index is 1.80. The number of rotatable bonds is 5. The van der Waals surface area contributed by atoms with Gasteiger partial charge >= 0.3 is 0 Å². The topological polar surface area (TPSA) is 77.9 Å². The fraction of sp³-hybridized carbons (Fsp3) is 0.526. The standard InChI is InChI=1S/C19H24N2O4/c1-13(23)14-5-7-16(8-6-14)21-18(24)12-17(19(21)25)20-10-3-2-4-15(20)9-11-22/h5-8,15,17,22H,2-4,9-12H2,1H3/t15-,17-/m1/s1. The smallest absolute Gasteiger partial charge is 0.251 e. The molecule has 6 heteroatoms. The van der Waals surface area contributed by atoms with Crippen LogP contribution in [0.3, 0.4) is 0 Å². The van der Waals surface area contributed by atoms with Crippen LogP contribution in [0.2, 0.25) is 0 Å². The Morgan fingerprint density at radius 3 is 2.56 bits per heavy atom. The molecule has 0 saturated carbocycles. The molecule has 1 N–H and O–H groups in total. The molecule has 0 bridgehead atoms. The van der Waals surface area contributed by atoms with Crippen molar-refractivity contribution < 1.29 is 19.5 Å². The maximum atomic E-state index is 12.9. The van der Waals surface area contributed by atoms with E-state index in [1.807, 2.05) is 0 Å². The van der Waals surface area contributed by atoms with Gasteiger partial charge in [0.1, 0.15) is 0 Å². The second-order valence-corrected chi connectivity index (χ2v) is 6.79. The number of carbonyl (C=O) groups is 3. The number of ketones is 1.